The molecule has 2 heterocycles. The molecule has 2 aliphatic rings. The van der Waals surface area contributed by atoms with Crippen molar-refractivity contribution < 1.29 is 19.4 Å². The first-order valence-corrected chi connectivity index (χ1v) is 9.63. The summed E-state index contributed by atoms with van der Waals surface area (Å²) in [6.45, 7) is 1.11. The smallest absolute Gasteiger partial charge is 0.339 e. The zero-order valence-electron chi connectivity index (χ0n) is 15.9. The first-order chi connectivity index (χ1) is 13.5. The van der Waals surface area contributed by atoms with Crippen molar-refractivity contribution in [2.75, 3.05) is 20.2 Å². The van der Waals surface area contributed by atoms with Crippen molar-refractivity contribution >= 4 is 11.9 Å². The molecule has 0 unspecified atom stereocenters. The fourth-order valence-electron chi connectivity index (χ4n) is 4.74. The largest absolute Gasteiger partial charge is 0.465 e. The van der Waals surface area contributed by atoms with Crippen LogP contribution in [0.2, 0.25) is 0 Å². The van der Waals surface area contributed by atoms with Crippen molar-refractivity contribution in [1.82, 2.24) is 9.88 Å². The van der Waals surface area contributed by atoms with Crippen LogP contribution in [0.25, 0.3) is 0 Å². The molecule has 1 saturated heterocycles. The van der Waals surface area contributed by atoms with Crippen LogP contribution in [0.15, 0.2) is 48.8 Å². The quantitative estimate of drug-likeness (QED) is 0.828. The number of hydrogen-bond donors (Lipinski definition) is 1. The number of likely N-dealkylation sites (tertiary alicyclic amines) is 1. The molecule has 0 radical (unpaired) electrons. The normalized spacial score (nSPS) is 26.6. The van der Waals surface area contributed by atoms with Crippen molar-refractivity contribution in [3.8, 4) is 0 Å². The highest BCUT2D eigenvalue weighted by molar-refractivity contribution is 5.97. The lowest BCUT2D eigenvalue weighted by Gasteiger charge is -2.41. The Hall–Kier alpha value is -2.73. The third kappa shape index (κ3) is 3.18. The predicted molar refractivity (Wildman–Crippen MR) is 103 cm³/mol. The number of ether oxygens (including phenoxy) is 1. The maximum Gasteiger partial charge on any atom is 0.339 e. The molecule has 1 amide bonds. The number of pyridine rings is 1. The van der Waals surface area contributed by atoms with Crippen LogP contribution in [0.4, 0.5) is 0 Å². The summed E-state index contributed by atoms with van der Waals surface area (Å²) in [4.78, 5) is 30.6. The molecule has 4 rings (SSSR count). The van der Waals surface area contributed by atoms with Crippen LogP contribution in [0.5, 0.6) is 0 Å². The number of benzene rings is 1. The molecular formula is C22H24N2O4. The standard InChI is InChI=1S/C22H24N2O4/c1-28-21(26)17-10-16(11-23-12-17)20(25)24-13-15-6-5-9-22(27,19(15)14-24)18-7-3-2-4-8-18/h2-4,7-8,10-12,15,19,27H,5-6,9,13-14H2,1H3/t15-,19+,22+/m0/s1. The van der Waals surface area contributed by atoms with E-state index in [-0.39, 0.29) is 23.3 Å². The number of aromatic nitrogens is 1. The minimum atomic E-state index is -0.911. The van der Waals surface area contributed by atoms with Gasteiger partial charge in [0, 0.05) is 31.4 Å². The van der Waals surface area contributed by atoms with Gasteiger partial charge in [-0.25, -0.2) is 4.79 Å². The summed E-state index contributed by atoms with van der Waals surface area (Å²) in [5, 5.41) is 11.5. The van der Waals surface area contributed by atoms with Crippen molar-refractivity contribution in [2.24, 2.45) is 11.8 Å². The van der Waals surface area contributed by atoms with Gasteiger partial charge in [0.2, 0.25) is 0 Å². The second-order valence-electron chi connectivity index (χ2n) is 7.71. The predicted octanol–water partition coefficient (Wildman–Crippen LogP) is 2.63. The van der Waals surface area contributed by atoms with E-state index >= 15 is 0 Å². The van der Waals surface area contributed by atoms with Crippen LogP contribution in [0.1, 0.15) is 45.5 Å². The van der Waals surface area contributed by atoms with Crippen LogP contribution in [0, 0.1) is 11.8 Å². The lowest BCUT2D eigenvalue weighted by molar-refractivity contribution is -0.0644. The van der Waals surface area contributed by atoms with E-state index in [4.69, 9.17) is 4.74 Å². The minimum absolute atomic E-state index is 0.00403. The van der Waals surface area contributed by atoms with Crippen molar-refractivity contribution in [2.45, 2.75) is 24.9 Å². The average Bonchev–Trinajstić information content (AvgIpc) is 3.19. The zero-order valence-corrected chi connectivity index (χ0v) is 15.9. The fourth-order valence-corrected chi connectivity index (χ4v) is 4.74. The van der Waals surface area contributed by atoms with E-state index in [2.05, 4.69) is 4.98 Å². The molecule has 0 spiro atoms. The Kier molecular flexibility index (Phi) is 4.89. The Labute approximate surface area is 164 Å². The molecule has 6 nitrogen and oxygen atoms in total. The molecule has 2 aromatic rings. The van der Waals surface area contributed by atoms with E-state index in [0.29, 0.717) is 25.1 Å². The maximum atomic E-state index is 13.1. The third-order valence-electron chi connectivity index (χ3n) is 6.15. The molecule has 1 aliphatic heterocycles. The van der Waals surface area contributed by atoms with Gasteiger partial charge in [0.15, 0.2) is 0 Å². The number of nitrogens with zero attached hydrogens (tertiary/aromatic N) is 2. The summed E-state index contributed by atoms with van der Waals surface area (Å²) in [5.41, 5.74) is 0.634. The summed E-state index contributed by atoms with van der Waals surface area (Å²) in [7, 11) is 1.30. The van der Waals surface area contributed by atoms with E-state index < -0.39 is 11.6 Å². The second kappa shape index (κ2) is 7.36. The van der Waals surface area contributed by atoms with Crippen molar-refractivity contribution in [3.05, 3.63) is 65.5 Å². The van der Waals surface area contributed by atoms with Crippen LogP contribution < -0.4 is 0 Å². The summed E-state index contributed by atoms with van der Waals surface area (Å²) in [6, 6.07) is 11.3. The SMILES string of the molecule is COC(=O)c1cncc(C(=O)N2C[C@@H]3CCC[C@@](O)(c4ccccc4)[C@@H]3C2)c1. The van der Waals surface area contributed by atoms with E-state index in [1.165, 1.54) is 25.6 Å². The van der Waals surface area contributed by atoms with Gasteiger partial charge in [-0.15, -0.1) is 0 Å². The first kappa shape index (κ1) is 18.6. The van der Waals surface area contributed by atoms with E-state index in [1.54, 1.807) is 4.90 Å². The van der Waals surface area contributed by atoms with Crippen molar-refractivity contribution in [3.63, 3.8) is 0 Å². The number of methoxy groups -OCH3 is 1. The highest BCUT2D eigenvalue weighted by atomic mass is 16.5. The first-order valence-electron chi connectivity index (χ1n) is 9.63. The molecule has 1 aliphatic carbocycles. The maximum absolute atomic E-state index is 13.1. The average molecular weight is 380 g/mol. The Morgan fingerprint density at radius 2 is 1.93 bits per heavy atom. The van der Waals surface area contributed by atoms with E-state index in [1.807, 2.05) is 30.3 Å². The van der Waals surface area contributed by atoms with Crippen LogP contribution in [-0.2, 0) is 10.3 Å². The molecule has 1 saturated carbocycles. The van der Waals surface area contributed by atoms with Gasteiger partial charge in [0.1, 0.15) is 0 Å². The molecule has 6 heteroatoms. The zero-order chi connectivity index (χ0) is 19.7. The molecule has 1 aromatic heterocycles. The Morgan fingerprint density at radius 3 is 2.68 bits per heavy atom. The van der Waals surface area contributed by atoms with Gasteiger partial charge in [0.05, 0.1) is 23.8 Å². The monoisotopic (exact) mass is 380 g/mol. The molecule has 1 N–H and O–H groups in total. The van der Waals surface area contributed by atoms with Gasteiger partial charge >= 0.3 is 5.97 Å². The highest BCUT2D eigenvalue weighted by Gasteiger charge is 2.50. The van der Waals surface area contributed by atoms with Gasteiger partial charge in [-0.05, 0) is 36.8 Å². The van der Waals surface area contributed by atoms with Gasteiger partial charge in [0.25, 0.3) is 5.91 Å². The highest BCUT2D eigenvalue weighted by Crippen LogP contribution is 2.48. The molecular weight excluding hydrogens is 356 g/mol. The number of hydrogen-bond acceptors (Lipinski definition) is 5. The second-order valence-corrected chi connectivity index (χ2v) is 7.71. The van der Waals surface area contributed by atoms with Gasteiger partial charge in [-0.3, -0.25) is 9.78 Å². The van der Waals surface area contributed by atoms with Crippen LogP contribution >= 0.6 is 0 Å². The summed E-state index contributed by atoms with van der Waals surface area (Å²) >= 11 is 0. The minimum Gasteiger partial charge on any atom is -0.465 e. The van der Waals surface area contributed by atoms with Crippen LogP contribution in [0.3, 0.4) is 0 Å². The molecule has 2 fully saturated rings. The molecule has 146 valence electrons. The number of aliphatic hydroxyl groups is 1. The Bertz CT molecular complexity index is 885. The van der Waals surface area contributed by atoms with Gasteiger partial charge < -0.3 is 14.7 Å². The van der Waals surface area contributed by atoms with E-state index in [0.717, 1.165) is 18.4 Å². The number of amides is 1. The van der Waals surface area contributed by atoms with E-state index in [9.17, 15) is 14.7 Å². The molecule has 1 aromatic carbocycles. The van der Waals surface area contributed by atoms with Gasteiger partial charge in [-0.2, -0.15) is 0 Å². The number of rotatable bonds is 3. The Balaban J connectivity index is 1.57. The number of carbonyl (C=O) groups is 2. The fraction of sp³-hybridized carbons (Fsp3) is 0.409. The topological polar surface area (TPSA) is 79.7 Å². The van der Waals surface area contributed by atoms with Crippen molar-refractivity contribution in [1.29, 1.82) is 0 Å². The number of esters is 1. The number of carbonyl (C=O) groups excluding carboxylic acids is 2. The Morgan fingerprint density at radius 1 is 1.18 bits per heavy atom. The lowest BCUT2D eigenvalue weighted by Crippen LogP contribution is -2.42. The number of fused-ring (bicyclic) bond motifs is 1. The molecule has 3 atom stereocenters. The summed E-state index contributed by atoms with van der Waals surface area (Å²) < 4.78 is 4.71. The van der Waals surface area contributed by atoms with Crippen LogP contribution in [-0.4, -0.2) is 47.1 Å². The lowest BCUT2D eigenvalue weighted by atomic mass is 9.67. The molecule has 28 heavy (non-hydrogen) atoms. The third-order valence-corrected chi connectivity index (χ3v) is 6.15. The summed E-state index contributed by atoms with van der Waals surface area (Å²) in [6.07, 6.45) is 5.51. The summed E-state index contributed by atoms with van der Waals surface area (Å²) in [5.74, 6) is -0.414. The molecule has 0 bridgehead atoms. The van der Waals surface area contributed by atoms with Gasteiger partial charge in [-0.1, -0.05) is 30.3 Å².